The van der Waals surface area contributed by atoms with Crippen molar-refractivity contribution in [1.82, 2.24) is 47.9 Å². The normalized spacial score (nSPS) is 18.1. The van der Waals surface area contributed by atoms with E-state index in [4.69, 9.17) is 47.6 Å². The Hall–Kier alpha value is -6.53. The molecule has 34 heteroatoms. The van der Waals surface area contributed by atoms with E-state index in [1.807, 2.05) is 0 Å². The van der Waals surface area contributed by atoms with Gasteiger partial charge in [-0.05, 0) is 37.8 Å². The van der Waals surface area contributed by atoms with Crippen LogP contribution in [-0.2, 0) is 78.1 Å². The Balaban J connectivity index is 2.28. The fraction of sp³-hybridized carbons (Fsp3) is 0.609. The van der Waals surface area contributed by atoms with Crippen LogP contribution >= 0.6 is 34.2 Å². The summed E-state index contributed by atoms with van der Waals surface area (Å²) in [6.45, 7) is 0.148. The molecule has 7 unspecified atom stereocenters. The van der Waals surface area contributed by atoms with Gasteiger partial charge < -0.3 is 101 Å². The van der Waals surface area contributed by atoms with Crippen LogP contribution in [0.15, 0.2) is 35.3 Å². The van der Waals surface area contributed by atoms with Gasteiger partial charge in [0, 0.05) is 31.8 Å². The van der Waals surface area contributed by atoms with Crippen molar-refractivity contribution in [1.29, 1.82) is 0 Å². The number of benzene rings is 1. The zero-order valence-electron chi connectivity index (χ0n) is 43.9. The highest BCUT2D eigenvalue weighted by atomic mass is 33.1. The number of nitrogens with zero attached hydrogens (tertiary/aromatic N) is 1. The molecule has 1 aliphatic rings. The SMILES string of the molecule is NCCCCC(N)C(=O)NC1SSC(C(=O)NC(Cc2ccccc2)C(=O)NC(CS)C(=O)NCCOCCOCCOCCNC(=O)COCC(N)=O)NC(=O)C(CC(=O)O)NC(=O)CNC(=O)C(CCCN=C(N)N)NC1=O. The Morgan fingerprint density at radius 1 is 0.738 bits per heavy atom. The highest BCUT2D eigenvalue weighted by molar-refractivity contribution is 8.77. The molecule has 31 nitrogen and oxygen atoms in total. The predicted molar refractivity (Wildman–Crippen MR) is 295 cm³/mol. The Labute approximate surface area is 474 Å². The molecule has 80 heavy (non-hydrogen) atoms. The minimum absolute atomic E-state index is 0.0117. The maximum absolute atomic E-state index is 14.5. The third-order valence-electron chi connectivity index (χ3n) is 10.7. The Morgan fingerprint density at radius 2 is 1.40 bits per heavy atom. The van der Waals surface area contributed by atoms with E-state index in [-0.39, 0.29) is 110 Å². The zero-order valence-corrected chi connectivity index (χ0v) is 46.5. The molecule has 10 amide bonds. The first-order valence-electron chi connectivity index (χ1n) is 25.2. The van der Waals surface area contributed by atoms with Crippen LogP contribution in [0.5, 0.6) is 0 Å². The van der Waals surface area contributed by atoms with Crippen molar-refractivity contribution < 1.29 is 76.8 Å². The van der Waals surface area contributed by atoms with Gasteiger partial charge >= 0.3 is 5.97 Å². The number of unbranched alkanes of at least 4 members (excludes halogenated alkanes) is 1. The molecule has 0 saturated carbocycles. The van der Waals surface area contributed by atoms with E-state index < -0.39 is 119 Å². The van der Waals surface area contributed by atoms with Crippen molar-refractivity contribution in [2.45, 2.75) is 85.9 Å². The molecule has 2 rings (SSSR count). The van der Waals surface area contributed by atoms with Gasteiger partial charge in [0.05, 0.1) is 58.6 Å². The van der Waals surface area contributed by atoms with Crippen molar-refractivity contribution >= 4 is 105 Å². The van der Waals surface area contributed by atoms with E-state index in [0.717, 1.165) is 0 Å². The van der Waals surface area contributed by atoms with E-state index in [1.54, 1.807) is 30.3 Å². The number of carbonyl (C=O) groups is 11. The highest BCUT2D eigenvalue weighted by Gasteiger charge is 2.36. The van der Waals surface area contributed by atoms with Crippen LogP contribution in [0.25, 0.3) is 0 Å². The standard InChI is InChI=1S/C46H75N15O16S3/c47-11-5-4-9-28(48)37(67)60-44-42(72)57-29(10-6-12-54-46(50)51)38(68)55-23-34(63)56-31(22-36(65)66)41(71)61-45(80-79-44)43(73)58-30(21-27-7-2-1-3-8-27)40(70)59-32(26-78)39(69)53-14-16-75-18-20-76-19-17-74-15-13-52-35(64)25-77-24-33(49)62/h1-3,7-8,28-32,44-45,78H,4-6,9-26,47-48H2,(H2,49,62)(H,52,64)(H,53,69)(H,55,68)(H,56,63)(H,57,72)(H,58,73)(H,59,70)(H,60,67)(H,61,71)(H,65,66)(H4,50,51,54). The van der Waals surface area contributed by atoms with Gasteiger partial charge in [-0.1, -0.05) is 58.3 Å². The van der Waals surface area contributed by atoms with Gasteiger partial charge in [0.15, 0.2) is 16.7 Å². The number of ether oxygens (including phenoxy) is 4. The second-order valence-electron chi connectivity index (χ2n) is 17.2. The molecule has 1 saturated heterocycles. The summed E-state index contributed by atoms with van der Waals surface area (Å²) in [5.41, 5.74) is 28.1. The van der Waals surface area contributed by atoms with Crippen molar-refractivity contribution in [3.63, 3.8) is 0 Å². The summed E-state index contributed by atoms with van der Waals surface area (Å²) in [6, 6.07) is 1.27. The first kappa shape index (κ1) is 69.6. The third kappa shape index (κ3) is 30.7. The number of hydrogen-bond acceptors (Lipinski definition) is 21. The highest BCUT2D eigenvalue weighted by Crippen LogP contribution is 2.30. The van der Waals surface area contributed by atoms with Crippen molar-refractivity contribution in [3.8, 4) is 0 Å². The molecule has 0 bridgehead atoms. The fourth-order valence-corrected chi connectivity index (χ4v) is 9.26. The lowest BCUT2D eigenvalue weighted by Crippen LogP contribution is -2.58. The summed E-state index contributed by atoms with van der Waals surface area (Å²) in [6.07, 6.45) is 0.0132. The Morgan fingerprint density at radius 3 is 2.02 bits per heavy atom. The van der Waals surface area contributed by atoms with E-state index in [2.05, 4.69) is 65.5 Å². The number of aliphatic imine (C=N–C) groups is 1. The topological polar surface area (TPSA) is 496 Å². The van der Waals surface area contributed by atoms with Gasteiger partial charge in [-0.2, -0.15) is 12.6 Å². The minimum Gasteiger partial charge on any atom is -0.481 e. The summed E-state index contributed by atoms with van der Waals surface area (Å²) >= 11 is 4.26. The summed E-state index contributed by atoms with van der Waals surface area (Å²) in [7, 11) is 1.01. The zero-order chi connectivity index (χ0) is 59.2. The molecule has 1 heterocycles. The van der Waals surface area contributed by atoms with Crippen LogP contribution in [0.2, 0.25) is 0 Å². The molecule has 448 valence electrons. The van der Waals surface area contributed by atoms with E-state index >= 15 is 0 Å². The maximum Gasteiger partial charge on any atom is 0.305 e. The first-order valence-corrected chi connectivity index (χ1v) is 28.1. The van der Waals surface area contributed by atoms with Crippen LogP contribution in [0.3, 0.4) is 0 Å². The molecule has 1 aromatic carbocycles. The number of guanidine groups is 1. The lowest BCUT2D eigenvalue weighted by atomic mass is 10.0. The van der Waals surface area contributed by atoms with Gasteiger partial charge in [0.1, 0.15) is 37.4 Å². The molecule has 1 fully saturated rings. The number of hydrogen-bond donors (Lipinski definition) is 16. The fourth-order valence-electron chi connectivity index (χ4n) is 6.67. The average Bonchev–Trinajstić information content (AvgIpc) is 3.43. The molecular formula is C46H75N15O16S3. The first-order chi connectivity index (χ1) is 38.2. The van der Waals surface area contributed by atoms with Crippen LogP contribution in [0, 0.1) is 0 Å². The van der Waals surface area contributed by atoms with Gasteiger partial charge in [-0.15, -0.1) is 0 Å². The minimum atomic E-state index is -1.84. The second kappa shape index (κ2) is 40.6. The number of thiol groups is 1. The van der Waals surface area contributed by atoms with Gasteiger partial charge in [0.25, 0.3) is 11.8 Å². The number of carboxylic acids is 1. The van der Waals surface area contributed by atoms with Crippen molar-refractivity contribution in [3.05, 3.63) is 35.9 Å². The van der Waals surface area contributed by atoms with Crippen molar-refractivity contribution in [2.24, 2.45) is 33.7 Å². The number of nitrogens with one attached hydrogen (secondary N) is 9. The third-order valence-corrected chi connectivity index (χ3v) is 13.7. The Bertz CT molecular complexity index is 2210. The smallest absolute Gasteiger partial charge is 0.305 e. The molecule has 0 spiro atoms. The van der Waals surface area contributed by atoms with Crippen LogP contribution in [0.4, 0.5) is 0 Å². The number of carboxylic acid groups (broad SMARTS) is 1. The maximum atomic E-state index is 14.5. The van der Waals surface area contributed by atoms with Crippen LogP contribution in [-0.4, -0.2) is 208 Å². The molecule has 20 N–H and O–H groups in total. The van der Waals surface area contributed by atoms with Gasteiger partial charge in [-0.25, -0.2) is 0 Å². The van der Waals surface area contributed by atoms with Crippen LogP contribution in [0.1, 0.15) is 44.1 Å². The summed E-state index contributed by atoms with van der Waals surface area (Å²) < 4.78 is 21.1. The quantitative estimate of drug-likeness (QED) is 0.00976. The molecule has 0 radical (unpaired) electrons. The molecule has 0 aliphatic carbocycles. The number of nitrogens with two attached hydrogens (primary N) is 5. The number of aliphatic carboxylic acids is 1. The number of rotatable bonds is 36. The van der Waals surface area contributed by atoms with E-state index in [0.29, 0.717) is 46.5 Å². The predicted octanol–water partition coefficient (Wildman–Crippen LogP) is -6.74. The van der Waals surface area contributed by atoms with E-state index in [9.17, 15) is 57.8 Å². The lowest BCUT2D eigenvalue weighted by Gasteiger charge is -2.27. The number of primary amides is 1. The van der Waals surface area contributed by atoms with Gasteiger partial charge in [0.2, 0.25) is 47.3 Å². The molecule has 1 aromatic rings. The van der Waals surface area contributed by atoms with Crippen LogP contribution < -0.4 is 76.5 Å². The second-order valence-corrected chi connectivity index (χ2v) is 20.1. The molecular weight excluding hydrogens is 1110 g/mol. The molecule has 1 aliphatic heterocycles. The van der Waals surface area contributed by atoms with Crippen molar-refractivity contribution in [2.75, 3.05) is 91.3 Å². The Kier molecular flexibility index (Phi) is 35.3. The van der Waals surface area contributed by atoms with Gasteiger partial charge in [-0.3, -0.25) is 57.7 Å². The summed E-state index contributed by atoms with van der Waals surface area (Å²) in [5, 5.41) is 28.5. The summed E-state index contributed by atoms with van der Waals surface area (Å²) in [5.74, 6) is -10.6. The number of carbonyl (C=O) groups excluding carboxylic acids is 10. The average molecular weight is 1190 g/mol. The molecule has 7 atom stereocenters. The van der Waals surface area contributed by atoms with E-state index in [1.165, 1.54) is 0 Å². The summed E-state index contributed by atoms with van der Waals surface area (Å²) in [4.78, 5) is 148. The molecule has 0 aromatic heterocycles. The monoisotopic (exact) mass is 1190 g/mol. The lowest BCUT2D eigenvalue weighted by molar-refractivity contribution is -0.141. The number of amides is 10. The largest absolute Gasteiger partial charge is 0.481 e.